The van der Waals surface area contributed by atoms with E-state index < -0.39 is 12.5 Å². The zero-order valence-electron chi connectivity index (χ0n) is 6.29. The van der Waals surface area contributed by atoms with Gasteiger partial charge in [0.2, 0.25) is 0 Å². The largest absolute Gasteiger partial charge is 0.369 e. The van der Waals surface area contributed by atoms with Crippen LogP contribution in [0.15, 0.2) is 0 Å². The maximum Gasteiger partial charge on any atom is 0.271 e. The molecule has 0 saturated carbocycles. The monoisotopic (exact) mass is 150 g/mol. The summed E-state index contributed by atoms with van der Waals surface area (Å²) in [5, 5.41) is 0. The standard InChI is InChI=1S/C7H12F2O/c1-6(2)3-4-7(8,9)5-10-6/h3-5H2,1-2H3. The van der Waals surface area contributed by atoms with E-state index >= 15 is 0 Å². The van der Waals surface area contributed by atoms with E-state index in [-0.39, 0.29) is 12.0 Å². The van der Waals surface area contributed by atoms with Crippen LogP contribution < -0.4 is 0 Å². The Morgan fingerprint density at radius 1 is 1.20 bits per heavy atom. The van der Waals surface area contributed by atoms with Crippen molar-refractivity contribution in [3.63, 3.8) is 0 Å². The molecule has 0 atom stereocenters. The molecule has 0 N–H and O–H groups in total. The van der Waals surface area contributed by atoms with E-state index in [1.54, 1.807) is 0 Å². The minimum Gasteiger partial charge on any atom is -0.369 e. The van der Waals surface area contributed by atoms with Crippen LogP contribution in [0.2, 0.25) is 0 Å². The molecule has 1 heterocycles. The Bertz CT molecular complexity index is 104. The SMILES string of the molecule is CC1(C)CCC(F)(F)CO1. The van der Waals surface area contributed by atoms with Crippen molar-refractivity contribution in [1.82, 2.24) is 0 Å². The summed E-state index contributed by atoms with van der Waals surface area (Å²) in [5.74, 6) is -2.59. The molecule has 0 amide bonds. The highest BCUT2D eigenvalue weighted by Crippen LogP contribution is 2.33. The first-order valence-electron chi connectivity index (χ1n) is 3.43. The molecule has 0 aromatic heterocycles. The third kappa shape index (κ3) is 1.90. The van der Waals surface area contributed by atoms with E-state index in [2.05, 4.69) is 0 Å². The molecule has 0 aromatic rings. The van der Waals surface area contributed by atoms with Gasteiger partial charge in [-0.25, -0.2) is 8.78 Å². The van der Waals surface area contributed by atoms with Crippen LogP contribution in [0.5, 0.6) is 0 Å². The van der Waals surface area contributed by atoms with E-state index in [1.807, 2.05) is 13.8 Å². The molecule has 1 fully saturated rings. The van der Waals surface area contributed by atoms with E-state index in [1.165, 1.54) is 0 Å². The molecular formula is C7H12F2O. The fourth-order valence-electron chi connectivity index (χ4n) is 0.929. The van der Waals surface area contributed by atoms with Gasteiger partial charge in [0.05, 0.1) is 5.60 Å². The van der Waals surface area contributed by atoms with Crippen LogP contribution in [0.3, 0.4) is 0 Å². The molecule has 0 unspecified atom stereocenters. The molecule has 0 aliphatic carbocycles. The molecule has 0 aromatic carbocycles. The lowest BCUT2D eigenvalue weighted by atomic mass is 9.97. The number of halogens is 2. The summed E-state index contributed by atoms with van der Waals surface area (Å²) in [5.41, 5.74) is -0.346. The second kappa shape index (κ2) is 2.16. The highest BCUT2D eigenvalue weighted by atomic mass is 19.3. The number of rotatable bonds is 0. The van der Waals surface area contributed by atoms with Gasteiger partial charge >= 0.3 is 0 Å². The van der Waals surface area contributed by atoms with Crippen LogP contribution in [-0.4, -0.2) is 18.1 Å². The van der Waals surface area contributed by atoms with Crippen molar-refractivity contribution >= 4 is 0 Å². The van der Waals surface area contributed by atoms with Gasteiger partial charge in [0.1, 0.15) is 6.61 Å². The molecule has 1 nitrogen and oxygen atoms in total. The molecule has 1 aliphatic heterocycles. The predicted octanol–water partition coefficient (Wildman–Crippen LogP) is 2.21. The summed E-state index contributed by atoms with van der Waals surface area (Å²) in [4.78, 5) is 0. The first-order valence-corrected chi connectivity index (χ1v) is 3.43. The maximum absolute atomic E-state index is 12.4. The van der Waals surface area contributed by atoms with Crippen molar-refractivity contribution in [2.75, 3.05) is 6.61 Å². The van der Waals surface area contributed by atoms with Crippen LogP contribution in [0.4, 0.5) is 8.78 Å². The molecule has 1 aliphatic rings. The first kappa shape index (κ1) is 7.92. The van der Waals surface area contributed by atoms with Crippen LogP contribution in [0.1, 0.15) is 26.7 Å². The molecule has 10 heavy (non-hydrogen) atoms. The van der Waals surface area contributed by atoms with Crippen molar-refractivity contribution in [3.8, 4) is 0 Å². The van der Waals surface area contributed by atoms with E-state index in [0.717, 1.165) is 0 Å². The fraction of sp³-hybridized carbons (Fsp3) is 1.00. The van der Waals surface area contributed by atoms with Crippen molar-refractivity contribution in [3.05, 3.63) is 0 Å². The smallest absolute Gasteiger partial charge is 0.271 e. The van der Waals surface area contributed by atoms with Crippen molar-refractivity contribution < 1.29 is 13.5 Å². The lowest BCUT2D eigenvalue weighted by molar-refractivity contribution is -0.174. The Balaban J connectivity index is 2.46. The molecule has 3 heteroatoms. The van der Waals surface area contributed by atoms with Gasteiger partial charge in [-0.3, -0.25) is 0 Å². The number of hydrogen-bond acceptors (Lipinski definition) is 1. The van der Waals surface area contributed by atoms with Gasteiger partial charge in [0.15, 0.2) is 0 Å². The Kier molecular flexibility index (Phi) is 1.71. The first-order chi connectivity index (χ1) is 4.41. The van der Waals surface area contributed by atoms with E-state index in [0.29, 0.717) is 6.42 Å². The quantitative estimate of drug-likeness (QED) is 0.514. The Morgan fingerprint density at radius 3 is 2.10 bits per heavy atom. The number of hydrogen-bond donors (Lipinski definition) is 0. The molecule has 0 radical (unpaired) electrons. The van der Waals surface area contributed by atoms with Crippen LogP contribution in [0.25, 0.3) is 0 Å². The zero-order chi connectivity index (χ0) is 7.83. The summed E-state index contributed by atoms with van der Waals surface area (Å²) in [6, 6.07) is 0. The summed E-state index contributed by atoms with van der Waals surface area (Å²) in [6.07, 6.45) is 0.403. The van der Waals surface area contributed by atoms with Gasteiger partial charge in [0, 0.05) is 6.42 Å². The Hall–Kier alpha value is -0.180. The molecule has 1 rings (SSSR count). The van der Waals surface area contributed by atoms with Gasteiger partial charge in [0.25, 0.3) is 5.92 Å². The number of alkyl halides is 2. The Labute approximate surface area is 59.4 Å². The molecule has 0 spiro atoms. The summed E-state index contributed by atoms with van der Waals surface area (Å²) >= 11 is 0. The van der Waals surface area contributed by atoms with Gasteiger partial charge < -0.3 is 4.74 Å². The average molecular weight is 150 g/mol. The molecule has 1 saturated heterocycles. The third-order valence-corrected chi connectivity index (χ3v) is 1.77. The topological polar surface area (TPSA) is 9.23 Å². The minimum atomic E-state index is -2.59. The van der Waals surface area contributed by atoms with Gasteiger partial charge in [-0.2, -0.15) is 0 Å². The summed E-state index contributed by atoms with van der Waals surface area (Å²) in [6.45, 7) is 3.25. The van der Waals surface area contributed by atoms with Crippen molar-refractivity contribution in [1.29, 1.82) is 0 Å². The molecular weight excluding hydrogens is 138 g/mol. The second-order valence-corrected chi connectivity index (χ2v) is 3.40. The third-order valence-electron chi connectivity index (χ3n) is 1.77. The van der Waals surface area contributed by atoms with Gasteiger partial charge in [-0.05, 0) is 20.3 Å². The lowest BCUT2D eigenvalue weighted by Crippen LogP contribution is -2.40. The second-order valence-electron chi connectivity index (χ2n) is 3.40. The van der Waals surface area contributed by atoms with Gasteiger partial charge in [-0.1, -0.05) is 0 Å². The van der Waals surface area contributed by atoms with Crippen LogP contribution in [0, 0.1) is 0 Å². The van der Waals surface area contributed by atoms with E-state index in [4.69, 9.17) is 4.74 Å². The van der Waals surface area contributed by atoms with Crippen molar-refractivity contribution in [2.45, 2.75) is 38.2 Å². The molecule has 60 valence electrons. The maximum atomic E-state index is 12.4. The highest BCUT2D eigenvalue weighted by Gasteiger charge is 2.39. The Morgan fingerprint density at radius 2 is 1.80 bits per heavy atom. The highest BCUT2D eigenvalue weighted by molar-refractivity contribution is 4.80. The average Bonchev–Trinajstić information content (AvgIpc) is 1.79. The number of ether oxygens (including phenoxy) is 1. The van der Waals surface area contributed by atoms with Crippen LogP contribution >= 0.6 is 0 Å². The van der Waals surface area contributed by atoms with Crippen molar-refractivity contribution in [2.24, 2.45) is 0 Å². The fourth-order valence-corrected chi connectivity index (χ4v) is 0.929. The predicted molar refractivity (Wildman–Crippen MR) is 34.2 cm³/mol. The molecule has 0 bridgehead atoms. The minimum absolute atomic E-state index is 0.0417. The van der Waals surface area contributed by atoms with Gasteiger partial charge in [-0.15, -0.1) is 0 Å². The van der Waals surface area contributed by atoms with E-state index in [9.17, 15) is 8.78 Å². The summed E-state index contributed by atoms with van der Waals surface area (Å²) in [7, 11) is 0. The lowest BCUT2D eigenvalue weighted by Gasteiger charge is -2.34. The summed E-state index contributed by atoms with van der Waals surface area (Å²) < 4.78 is 29.8. The van der Waals surface area contributed by atoms with Crippen LogP contribution in [-0.2, 0) is 4.74 Å². The zero-order valence-corrected chi connectivity index (χ0v) is 6.29. The normalized spacial score (nSPS) is 30.0.